The summed E-state index contributed by atoms with van der Waals surface area (Å²) in [6.45, 7) is 1.70. The minimum absolute atomic E-state index is 0.169. The Morgan fingerprint density at radius 2 is 2.12 bits per heavy atom. The quantitative estimate of drug-likeness (QED) is 0.419. The van der Waals surface area contributed by atoms with Crippen LogP contribution >= 0.6 is 11.3 Å². The maximum absolute atomic E-state index is 12.9. The van der Waals surface area contributed by atoms with Gasteiger partial charge in [-0.1, -0.05) is 30.3 Å². The Morgan fingerprint density at radius 1 is 1.25 bits per heavy atom. The molecule has 1 aliphatic heterocycles. The van der Waals surface area contributed by atoms with Crippen molar-refractivity contribution in [1.82, 2.24) is 20.4 Å². The van der Waals surface area contributed by atoms with E-state index in [2.05, 4.69) is 20.4 Å². The number of carbonyl (C=O) groups excluding carboxylic acids is 1. The molecule has 0 saturated carbocycles. The van der Waals surface area contributed by atoms with Crippen molar-refractivity contribution in [1.29, 1.82) is 0 Å². The Hall–Kier alpha value is -3.20. The highest BCUT2D eigenvalue weighted by molar-refractivity contribution is 7.08. The highest BCUT2D eigenvalue weighted by atomic mass is 32.1. The standard InChI is InChI=1S/C24H24N4O3S/c29-22-15-28(14-19-6-7-21(31-19)20-8-11-25-27-20)12-10-24(22,18-4-2-1-3-5-18)26-23(30)17-9-13-32-16-17/h1-9,11,13,16,22,29H,10,12,14-15H2,(H,25,27)(H,26,30)/t22-,24-/m1/s1. The normalized spacial score (nSPS) is 21.5. The zero-order chi connectivity index (χ0) is 22.0. The van der Waals surface area contributed by atoms with E-state index in [-0.39, 0.29) is 5.91 Å². The summed E-state index contributed by atoms with van der Waals surface area (Å²) in [5.74, 6) is 1.38. The number of amides is 1. The minimum Gasteiger partial charge on any atom is -0.458 e. The molecule has 0 unspecified atom stereocenters. The number of aromatic amines is 1. The molecular weight excluding hydrogens is 424 g/mol. The largest absolute Gasteiger partial charge is 0.458 e. The van der Waals surface area contributed by atoms with Crippen LogP contribution in [-0.2, 0) is 12.1 Å². The van der Waals surface area contributed by atoms with Crippen LogP contribution in [-0.4, -0.2) is 45.3 Å². The van der Waals surface area contributed by atoms with Crippen molar-refractivity contribution in [2.75, 3.05) is 13.1 Å². The molecule has 1 aromatic carbocycles. The Morgan fingerprint density at radius 3 is 2.84 bits per heavy atom. The smallest absolute Gasteiger partial charge is 0.252 e. The average Bonchev–Trinajstić information content (AvgIpc) is 3.58. The Kier molecular flexibility index (Phi) is 5.65. The molecule has 4 aromatic rings. The van der Waals surface area contributed by atoms with Crippen molar-refractivity contribution in [2.24, 2.45) is 0 Å². The van der Waals surface area contributed by atoms with Gasteiger partial charge in [-0.3, -0.25) is 14.8 Å². The lowest BCUT2D eigenvalue weighted by Gasteiger charge is -2.46. The molecule has 1 amide bonds. The summed E-state index contributed by atoms with van der Waals surface area (Å²) in [7, 11) is 0. The van der Waals surface area contributed by atoms with Gasteiger partial charge in [0.25, 0.3) is 5.91 Å². The van der Waals surface area contributed by atoms with Crippen LogP contribution in [0, 0.1) is 0 Å². The number of hydrogen-bond acceptors (Lipinski definition) is 6. The van der Waals surface area contributed by atoms with Crippen molar-refractivity contribution in [3.63, 3.8) is 0 Å². The summed E-state index contributed by atoms with van der Waals surface area (Å²) in [6.07, 6.45) is 1.50. The number of H-pyrrole nitrogens is 1. The molecule has 3 aromatic heterocycles. The number of hydrogen-bond donors (Lipinski definition) is 3. The van der Waals surface area contributed by atoms with Crippen LogP contribution in [0.2, 0.25) is 0 Å². The second-order valence-corrected chi connectivity index (χ2v) is 8.82. The van der Waals surface area contributed by atoms with E-state index in [0.717, 1.165) is 22.8 Å². The number of aliphatic hydroxyl groups excluding tert-OH is 1. The highest BCUT2D eigenvalue weighted by Crippen LogP contribution is 2.35. The summed E-state index contributed by atoms with van der Waals surface area (Å²) in [4.78, 5) is 15.1. The Bertz CT molecular complexity index is 1160. The van der Waals surface area contributed by atoms with Gasteiger partial charge in [0.1, 0.15) is 11.5 Å². The van der Waals surface area contributed by atoms with Crippen LogP contribution in [0.15, 0.2) is 76.0 Å². The molecule has 8 heteroatoms. The topological polar surface area (TPSA) is 94.4 Å². The predicted octanol–water partition coefficient (Wildman–Crippen LogP) is 3.62. The first-order valence-corrected chi connectivity index (χ1v) is 11.5. The molecule has 32 heavy (non-hydrogen) atoms. The van der Waals surface area contributed by atoms with E-state index in [9.17, 15) is 9.90 Å². The van der Waals surface area contributed by atoms with Gasteiger partial charge in [-0.2, -0.15) is 16.4 Å². The summed E-state index contributed by atoms with van der Waals surface area (Å²) in [5, 5.41) is 25.0. The third kappa shape index (κ3) is 4.00. The molecule has 1 saturated heterocycles. The van der Waals surface area contributed by atoms with Crippen LogP contribution in [0.4, 0.5) is 0 Å². The molecule has 2 atom stereocenters. The summed E-state index contributed by atoms with van der Waals surface area (Å²) in [5.41, 5.74) is 1.51. The highest BCUT2D eigenvalue weighted by Gasteiger charge is 2.45. The summed E-state index contributed by atoms with van der Waals surface area (Å²) in [6, 6.07) is 17.3. The lowest BCUT2D eigenvalue weighted by atomic mass is 9.78. The van der Waals surface area contributed by atoms with E-state index in [4.69, 9.17) is 4.42 Å². The molecule has 164 valence electrons. The van der Waals surface area contributed by atoms with Gasteiger partial charge < -0.3 is 14.8 Å². The van der Waals surface area contributed by atoms with Gasteiger partial charge in [0.05, 0.1) is 23.8 Å². The monoisotopic (exact) mass is 448 g/mol. The zero-order valence-corrected chi connectivity index (χ0v) is 18.2. The average molecular weight is 449 g/mol. The molecule has 4 heterocycles. The molecule has 7 nitrogen and oxygen atoms in total. The molecule has 0 bridgehead atoms. The third-order valence-corrected chi connectivity index (χ3v) is 6.72. The van der Waals surface area contributed by atoms with E-state index < -0.39 is 11.6 Å². The molecule has 0 spiro atoms. The molecule has 1 fully saturated rings. The fraction of sp³-hybridized carbons (Fsp3) is 0.250. The minimum atomic E-state index is -0.846. The number of rotatable bonds is 6. The summed E-state index contributed by atoms with van der Waals surface area (Å²) >= 11 is 1.48. The van der Waals surface area contributed by atoms with Crippen LogP contribution < -0.4 is 5.32 Å². The number of piperidine rings is 1. The number of aliphatic hydroxyl groups is 1. The maximum Gasteiger partial charge on any atom is 0.252 e. The number of nitrogens with zero attached hydrogens (tertiary/aromatic N) is 2. The molecule has 0 radical (unpaired) electrons. The number of β-amino-alcohol motifs (C(OH)–C–C–N with tert-alkyl or cyclic N) is 1. The third-order valence-electron chi connectivity index (χ3n) is 6.04. The fourth-order valence-corrected chi connectivity index (χ4v) is 4.95. The molecular formula is C24H24N4O3S. The van der Waals surface area contributed by atoms with E-state index in [1.807, 2.05) is 59.3 Å². The number of likely N-dealkylation sites (tertiary alicyclic amines) is 1. The lowest BCUT2D eigenvalue weighted by Crippen LogP contribution is -2.61. The van der Waals surface area contributed by atoms with Crippen molar-refractivity contribution in [3.05, 3.63) is 88.4 Å². The fourth-order valence-electron chi connectivity index (χ4n) is 4.32. The number of aromatic nitrogens is 2. The van der Waals surface area contributed by atoms with Crippen molar-refractivity contribution in [2.45, 2.75) is 24.6 Å². The predicted molar refractivity (Wildman–Crippen MR) is 122 cm³/mol. The van der Waals surface area contributed by atoms with Crippen molar-refractivity contribution < 1.29 is 14.3 Å². The van der Waals surface area contributed by atoms with Gasteiger partial charge in [-0.25, -0.2) is 0 Å². The van der Waals surface area contributed by atoms with Crippen LogP contribution in [0.25, 0.3) is 11.5 Å². The number of benzene rings is 1. The first-order valence-electron chi connectivity index (χ1n) is 10.5. The lowest BCUT2D eigenvalue weighted by molar-refractivity contribution is -0.0196. The number of furan rings is 1. The number of carbonyl (C=O) groups is 1. The Balaban J connectivity index is 1.34. The van der Waals surface area contributed by atoms with Crippen LogP contribution in [0.5, 0.6) is 0 Å². The van der Waals surface area contributed by atoms with Gasteiger partial charge in [0.2, 0.25) is 0 Å². The first kappa shape index (κ1) is 20.7. The Labute approximate surface area is 189 Å². The number of thiophene rings is 1. The SMILES string of the molecule is O=C(N[C@@]1(c2ccccc2)CCN(Cc2ccc(-c3ccn[nH]3)o2)C[C@H]1O)c1ccsc1. The van der Waals surface area contributed by atoms with Gasteiger partial charge in [0, 0.05) is 24.7 Å². The second kappa shape index (κ2) is 8.74. The van der Waals surface area contributed by atoms with E-state index in [1.165, 1.54) is 11.3 Å². The molecule has 0 aliphatic carbocycles. The number of nitrogens with one attached hydrogen (secondary N) is 2. The van der Waals surface area contributed by atoms with Crippen LogP contribution in [0.1, 0.15) is 28.1 Å². The maximum atomic E-state index is 12.9. The van der Waals surface area contributed by atoms with E-state index in [1.54, 1.807) is 12.3 Å². The molecule has 3 N–H and O–H groups in total. The van der Waals surface area contributed by atoms with Gasteiger partial charge in [-0.15, -0.1) is 0 Å². The van der Waals surface area contributed by atoms with Crippen molar-refractivity contribution in [3.8, 4) is 11.5 Å². The molecule has 1 aliphatic rings. The van der Waals surface area contributed by atoms with Gasteiger partial charge in [-0.05, 0) is 41.6 Å². The van der Waals surface area contributed by atoms with E-state index in [0.29, 0.717) is 31.6 Å². The van der Waals surface area contributed by atoms with Crippen molar-refractivity contribution >= 4 is 17.2 Å². The molecule has 5 rings (SSSR count). The second-order valence-electron chi connectivity index (χ2n) is 8.04. The van der Waals surface area contributed by atoms with Crippen LogP contribution in [0.3, 0.4) is 0 Å². The first-order chi connectivity index (χ1) is 15.6. The van der Waals surface area contributed by atoms with Gasteiger partial charge >= 0.3 is 0 Å². The van der Waals surface area contributed by atoms with Gasteiger partial charge in [0.15, 0.2) is 5.76 Å². The summed E-state index contributed by atoms with van der Waals surface area (Å²) < 4.78 is 5.95. The zero-order valence-electron chi connectivity index (χ0n) is 17.4. The van der Waals surface area contributed by atoms with E-state index >= 15 is 0 Å².